The minimum Gasteiger partial charge on any atom is -0.481 e. The molecule has 0 radical (unpaired) electrons. The number of aliphatic carboxylic acids is 1. The van der Waals surface area contributed by atoms with Crippen molar-refractivity contribution in [2.24, 2.45) is 5.73 Å². The Morgan fingerprint density at radius 3 is 2.47 bits per heavy atom. The van der Waals surface area contributed by atoms with Gasteiger partial charge in [-0.2, -0.15) is 0 Å². The third-order valence-corrected chi connectivity index (χ3v) is 3.04. The van der Waals surface area contributed by atoms with E-state index in [1.807, 2.05) is 30.3 Å². The van der Waals surface area contributed by atoms with Crippen molar-refractivity contribution in [3.63, 3.8) is 0 Å². The van der Waals surface area contributed by atoms with E-state index >= 15 is 0 Å². The number of hydrogen-bond acceptors (Lipinski definition) is 3. The van der Waals surface area contributed by atoms with E-state index in [-0.39, 0.29) is 18.6 Å². The molecule has 0 fully saturated rings. The zero-order valence-corrected chi connectivity index (χ0v) is 10.4. The van der Waals surface area contributed by atoms with Crippen molar-refractivity contribution >= 4 is 22.5 Å². The van der Waals surface area contributed by atoms with Gasteiger partial charge in [0, 0.05) is 12.0 Å². The molecule has 0 saturated carbocycles. The average Bonchev–Trinajstić information content (AvgIpc) is 2.43. The molecule has 2 rings (SSSR count). The summed E-state index contributed by atoms with van der Waals surface area (Å²) in [7, 11) is 0. The Morgan fingerprint density at radius 1 is 1.11 bits per heavy atom. The first-order valence-electron chi connectivity index (χ1n) is 6.08. The molecule has 0 aliphatic heterocycles. The van der Waals surface area contributed by atoms with E-state index < -0.39 is 12.0 Å². The van der Waals surface area contributed by atoms with Gasteiger partial charge in [0.15, 0.2) is 5.78 Å². The maximum atomic E-state index is 12.1. The zero-order valence-electron chi connectivity index (χ0n) is 10.4. The van der Waals surface area contributed by atoms with Gasteiger partial charge in [0.05, 0.1) is 6.04 Å². The van der Waals surface area contributed by atoms with Crippen molar-refractivity contribution in [2.75, 3.05) is 0 Å². The molecule has 1 unspecified atom stereocenters. The summed E-state index contributed by atoms with van der Waals surface area (Å²) in [6.07, 6.45) is 0.0570. The van der Waals surface area contributed by atoms with Crippen molar-refractivity contribution in [3.8, 4) is 0 Å². The monoisotopic (exact) mass is 257 g/mol. The molecule has 0 saturated heterocycles. The summed E-state index contributed by atoms with van der Waals surface area (Å²) in [6.45, 7) is 0. The SMILES string of the molecule is NC(CCC(=O)O)C(=O)c1ccc2ccccc2c1. The van der Waals surface area contributed by atoms with Crippen LogP contribution in [0, 0.1) is 0 Å². The van der Waals surface area contributed by atoms with E-state index in [1.54, 1.807) is 12.1 Å². The second kappa shape index (κ2) is 5.63. The van der Waals surface area contributed by atoms with Crippen molar-refractivity contribution in [2.45, 2.75) is 18.9 Å². The minimum atomic E-state index is -0.943. The predicted molar refractivity (Wildman–Crippen MR) is 73.1 cm³/mol. The molecular weight excluding hydrogens is 242 g/mol. The summed E-state index contributed by atoms with van der Waals surface area (Å²) in [5.41, 5.74) is 6.25. The number of benzene rings is 2. The van der Waals surface area contributed by atoms with Crippen LogP contribution < -0.4 is 5.73 Å². The first-order chi connectivity index (χ1) is 9.08. The van der Waals surface area contributed by atoms with Crippen LogP contribution in [0.3, 0.4) is 0 Å². The number of carbonyl (C=O) groups excluding carboxylic acids is 1. The van der Waals surface area contributed by atoms with Gasteiger partial charge in [-0.25, -0.2) is 0 Å². The van der Waals surface area contributed by atoms with Crippen LogP contribution in [0.15, 0.2) is 42.5 Å². The van der Waals surface area contributed by atoms with Gasteiger partial charge >= 0.3 is 5.97 Å². The number of nitrogens with two attached hydrogens (primary N) is 1. The van der Waals surface area contributed by atoms with Crippen LogP contribution in [-0.2, 0) is 4.79 Å². The Balaban J connectivity index is 2.19. The second-order valence-electron chi connectivity index (χ2n) is 4.47. The lowest BCUT2D eigenvalue weighted by Gasteiger charge is -2.09. The summed E-state index contributed by atoms with van der Waals surface area (Å²) in [4.78, 5) is 22.6. The molecule has 0 aliphatic rings. The van der Waals surface area contributed by atoms with Crippen molar-refractivity contribution in [3.05, 3.63) is 48.0 Å². The smallest absolute Gasteiger partial charge is 0.303 e. The topological polar surface area (TPSA) is 80.4 Å². The Labute approximate surface area is 110 Å². The van der Waals surface area contributed by atoms with E-state index in [4.69, 9.17) is 10.8 Å². The normalized spacial score (nSPS) is 12.3. The number of carboxylic acids is 1. The summed E-state index contributed by atoms with van der Waals surface area (Å²) < 4.78 is 0. The molecule has 0 aromatic heterocycles. The van der Waals surface area contributed by atoms with Gasteiger partial charge in [0.25, 0.3) is 0 Å². The summed E-state index contributed by atoms with van der Waals surface area (Å²) in [6, 6.07) is 12.3. The summed E-state index contributed by atoms with van der Waals surface area (Å²) >= 11 is 0. The van der Waals surface area contributed by atoms with Crippen LogP contribution in [0.25, 0.3) is 10.8 Å². The second-order valence-corrected chi connectivity index (χ2v) is 4.47. The number of carbonyl (C=O) groups is 2. The fraction of sp³-hybridized carbons (Fsp3) is 0.200. The molecule has 3 N–H and O–H groups in total. The number of fused-ring (bicyclic) bond motifs is 1. The number of carboxylic acid groups (broad SMARTS) is 1. The van der Waals surface area contributed by atoms with Gasteiger partial charge in [-0.15, -0.1) is 0 Å². The molecule has 19 heavy (non-hydrogen) atoms. The fourth-order valence-corrected chi connectivity index (χ4v) is 1.97. The maximum Gasteiger partial charge on any atom is 0.303 e. The first-order valence-corrected chi connectivity index (χ1v) is 6.08. The molecule has 4 nitrogen and oxygen atoms in total. The number of Topliss-reactive ketones (excluding diaryl/α,β-unsaturated/α-hetero) is 1. The molecule has 0 spiro atoms. The van der Waals surface area contributed by atoms with Gasteiger partial charge in [0.1, 0.15) is 0 Å². The minimum absolute atomic E-state index is 0.0967. The van der Waals surface area contributed by atoms with E-state index in [0.29, 0.717) is 5.56 Å². The van der Waals surface area contributed by atoms with E-state index in [2.05, 4.69) is 0 Å². The lowest BCUT2D eigenvalue weighted by atomic mass is 9.98. The quantitative estimate of drug-likeness (QED) is 0.805. The van der Waals surface area contributed by atoms with Crippen molar-refractivity contribution in [1.29, 1.82) is 0 Å². The highest BCUT2D eigenvalue weighted by Crippen LogP contribution is 2.17. The zero-order chi connectivity index (χ0) is 13.8. The molecule has 4 heteroatoms. The standard InChI is InChI=1S/C15H15NO3/c16-13(7-8-14(17)18)15(19)12-6-5-10-3-1-2-4-11(10)9-12/h1-6,9,13H,7-8,16H2,(H,17,18). The Hall–Kier alpha value is -2.20. The Bertz CT molecular complexity index is 622. The molecule has 98 valence electrons. The van der Waals surface area contributed by atoms with Gasteiger partial charge in [-0.05, 0) is 23.3 Å². The third-order valence-electron chi connectivity index (χ3n) is 3.04. The highest BCUT2D eigenvalue weighted by molar-refractivity contribution is 6.03. The molecule has 0 heterocycles. The highest BCUT2D eigenvalue weighted by atomic mass is 16.4. The average molecular weight is 257 g/mol. The summed E-state index contributed by atoms with van der Waals surface area (Å²) in [5.74, 6) is -1.16. The lowest BCUT2D eigenvalue weighted by molar-refractivity contribution is -0.137. The predicted octanol–water partition coefficient (Wildman–Crippen LogP) is 2.21. The number of rotatable bonds is 5. The van der Waals surface area contributed by atoms with Crippen LogP contribution in [0.4, 0.5) is 0 Å². The molecule has 2 aromatic rings. The first kappa shape index (κ1) is 13.2. The van der Waals surface area contributed by atoms with E-state index in [1.165, 1.54) is 0 Å². The van der Waals surface area contributed by atoms with Crippen LogP contribution in [0.5, 0.6) is 0 Å². The molecule has 2 aromatic carbocycles. The number of hydrogen-bond donors (Lipinski definition) is 2. The molecule has 1 atom stereocenters. The van der Waals surface area contributed by atoms with Gasteiger partial charge < -0.3 is 10.8 Å². The van der Waals surface area contributed by atoms with E-state index in [0.717, 1.165) is 10.8 Å². The molecule has 0 aliphatic carbocycles. The molecule has 0 amide bonds. The van der Waals surface area contributed by atoms with Crippen LogP contribution in [-0.4, -0.2) is 22.9 Å². The highest BCUT2D eigenvalue weighted by Gasteiger charge is 2.16. The van der Waals surface area contributed by atoms with E-state index in [9.17, 15) is 9.59 Å². The largest absolute Gasteiger partial charge is 0.481 e. The van der Waals surface area contributed by atoms with Crippen LogP contribution in [0.2, 0.25) is 0 Å². The third kappa shape index (κ3) is 3.17. The van der Waals surface area contributed by atoms with Crippen LogP contribution >= 0.6 is 0 Å². The maximum absolute atomic E-state index is 12.1. The van der Waals surface area contributed by atoms with Gasteiger partial charge in [-0.3, -0.25) is 9.59 Å². The lowest BCUT2D eigenvalue weighted by Crippen LogP contribution is -2.31. The Kier molecular flexibility index (Phi) is 3.92. The fourth-order valence-electron chi connectivity index (χ4n) is 1.97. The van der Waals surface area contributed by atoms with Crippen molar-refractivity contribution < 1.29 is 14.7 Å². The van der Waals surface area contributed by atoms with Gasteiger partial charge in [-0.1, -0.05) is 36.4 Å². The molecule has 0 bridgehead atoms. The Morgan fingerprint density at radius 2 is 1.79 bits per heavy atom. The van der Waals surface area contributed by atoms with Gasteiger partial charge in [0.2, 0.25) is 0 Å². The summed E-state index contributed by atoms with van der Waals surface area (Å²) in [5, 5.41) is 10.6. The van der Waals surface area contributed by atoms with Crippen LogP contribution in [0.1, 0.15) is 23.2 Å². The van der Waals surface area contributed by atoms with Crippen molar-refractivity contribution in [1.82, 2.24) is 0 Å². The molecular formula is C15H15NO3. The number of ketones is 1.